The van der Waals surface area contributed by atoms with Crippen LogP contribution < -0.4 is 0 Å². The molecule has 0 aromatic heterocycles. The standard InChI is InChI=1S/C21H43NO3/c1-5-6-7-8-9-10-11-12-13-14-15-16-17-21(2,25)19-22(3,4)18-20(23)24/h25H,5-19H2,1-4H3/p+1. The Morgan fingerprint density at radius 3 is 1.64 bits per heavy atom. The third-order valence-corrected chi connectivity index (χ3v) is 4.90. The first kappa shape index (κ1) is 24.4. The molecule has 0 heterocycles. The first-order valence-corrected chi connectivity index (χ1v) is 10.4. The number of aliphatic carboxylic acids is 1. The van der Waals surface area contributed by atoms with Crippen LogP contribution in [0, 0.1) is 0 Å². The van der Waals surface area contributed by atoms with E-state index in [4.69, 9.17) is 5.11 Å². The van der Waals surface area contributed by atoms with E-state index in [1.165, 1.54) is 70.6 Å². The highest BCUT2D eigenvalue weighted by molar-refractivity contribution is 5.67. The molecular weight excluding hydrogens is 314 g/mol. The zero-order valence-corrected chi connectivity index (χ0v) is 17.4. The highest BCUT2D eigenvalue weighted by Crippen LogP contribution is 2.19. The Kier molecular flexibility index (Phi) is 13.2. The fraction of sp³-hybridized carbons (Fsp3) is 0.952. The highest BCUT2D eigenvalue weighted by atomic mass is 16.4. The topological polar surface area (TPSA) is 57.5 Å². The predicted octanol–water partition coefficient (Wildman–Crippen LogP) is 4.99. The molecule has 0 fully saturated rings. The highest BCUT2D eigenvalue weighted by Gasteiger charge is 2.31. The number of hydrogen-bond acceptors (Lipinski definition) is 2. The quantitative estimate of drug-likeness (QED) is 0.284. The minimum absolute atomic E-state index is 0.0502. The molecule has 0 aliphatic heterocycles. The summed E-state index contributed by atoms with van der Waals surface area (Å²) >= 11 is 0. The van der Waals surface area contributed by atoms with Gasteiger partial charge in [0.2, 0.25) is 0 Å². The lowest BCUT2D eigenvalue weighted by Crippen LogP contribution is -2.52. The van der Waals surface area contributed by atoms with Crippen LogP contribution in [0.2, 0.25) is 0 Å². The van der Waals surface area contributed by atoms with Crippen molar-refractivity contribution in [2.24, 2.45) is 0 Å². The number of carbonyl (C=O) groups is 1. The fourth-order valence-electron chi connectivity index (χ4n) is 3.77. The SMILES string of the molecule is CCCCCCCCCCCCCCC(C)(O)C[N+](C)(C)CC(=O)O. The second-order valence-electron chi connectivity index (χ2n) is 8.78. The van der Waals surface area contributed by atoms with Crippen LogP contribution in [-0.2, 0) is 4.79 Å². The Morgan fingerprint density at radius 2 is 1.24 bits per heavy atom. The van der Waals surface area contributed by atoms with Crippen molar-refractivity contribution >= 4 is 5.97 Å². The summed E-state index contributed by atoms with van der Waals surface area (Å²) in [4.78, 5) is 10.9. The summed E-state index contributed by atoms with van der Waals surface area (Å²) < 4.78 is 0.320. The van der Waals surface area contributed by atoms with E-state index in [1.807, 2.05) is 21.0 Å². The van der Waals surface area contributed by atoms with Gasteiger partial charge in [0, 0.05) is 0 Å². The molecule has 0 saturated heterocycles. The van der Waals surface area contributed by atoms with E-state index in [0.29, 0.717) is 11.0 Å². The van der Waals surface area contributed by atoms with E-state index in [2.05, 4.69) is 6.92 Å². The minimum Gasteiger partial charge on any atom is -0.477 e. The second kappa shape index (κ2) is 13.6. The predicted molar refractivity (Wildman–Crippen MR) is 106 cm³/mol. The molecular formula is C21H44NO3+. The summed E-state index contributed by atoms with van der Waals surface area (Å²) in [6.45, 7) is 4.63. The fourth-order valence-corrected chi connectivity index (χ4v) is 3.77. The van der Waals surface area contributed by atoms with Crippen LogP contribution in [0.25, 0.3) is 0 Å². The molecule has 0 saturated carbocycles. The van der Waals surface area contributed by atoms with Crippen molar-refractivity contribution in [1.82, 2.24) is 0 Å². The monoisotopic (exact) mass is 358 g/mol. The summed E-state index contributed by atoms with van der Waals surface area (Å²) in [5.41, 5.74) is -0.780. The van der Waals surface area contributed by atoms with Gasteiger partial charge in [-0.15, -0.1) is 0 Å². The normalized spacial score (nSPS) is 14.4. The molecule has 2 N–H and O–H groups in total. The maximum absolute atomic E-state index is 10.9. The van der Waals surface area contributed by atoms with Gasteiger partial charge in [0.25, 0.3) is 0 Å². The molecule has 0 radical (unpaired) electrons. The molecule has 4 heteroatoms. The van der Waals surface area contributed by atoms with Crippen molar-refractivity contribution in [3.63, 3.8) is 0 Å². The molecule has 4 nitrogen and oxygen atoms in total. The van der Waals surface area contributed by atoms with Crippen LogP contribution in [0.5, 0.6) is 0 Å². The number of quaternary nitrogens is 1. The molecule has 1 atom stereocenters. The van der Waals surface area contributed by atoms with Crippen molar-refractivity contribution in [2.45, 2.75) is 103 Å². The van der Waals surface area contributed by atoms with Crippen LogP contribution in [0.15, 0.2) is 0 Å². The van der Waals surface area contributed by atoms with Crippen LogP contribution in [0.3, 0.4) is 0 Å². The van der Waals surface area contributed by atoms with Gasteiger partial charge in [-0.25, -0.2) is 4.79 Å². The number of rotatable bonds is 17. The molecule has 0 amide bonds. The zero-order valence-electron chi connectivity index (χ0n) is 17.4. The largest absolute Gasteiger partial charge is 0.477 e. The number of likely N-dealkylation sites (N-methyl/N-ethyl adjacent to an activating group) is 1. The average Bonchev–Trinajstić information content (AvgIpc) is 2.45. The molecule has 0 bridgehead atoms. The van der Waals surface area contributed by atoms with E-state index < -0.39 is 11.6 Å². The van der Waals surface area contributed by atoms with Crippen LogP contribution in [-0.4, -0.2) is 53.5 Å². The van der Waals surface area contributed by atoms with Crippen molar-refractivity contribution < 1.29 is 19.5 Å². The summed E-state index contributed by atoms with van der Waals surface area (Å²) in [6.07, 6.45) is 16.5. The minimum atomic E-state index is -0.814. The van der Waals surface area contributed by atoms with Crippen LogP contribution in [0.1, 0.15) is 97.3 Å². The number of aliphatic hydroxyl groups is 1. The van der Waals surface area contributed by atoms with E-state index in [-0.39, 0.29) is 6.54 Å². The Hall–Kier alpha value is -0.610. The van der Waals surface area contributed by atoms with Gasteiger partial charge >= 0.3 is 5.97 Å². The summed E-state index contributed by atoms with van der Waals surface area (Å²) in [6, 6.07) is 0. The third kappa shape index (κ3) is 16.6. The number of nitrogens with zero attached hydrogens (tertiary/aromatic N) is 1. The number of hydrogen-bond donors (Lipinski definition) is 2. The number of unbranched alkanes of at least 4 members (excludes halogenated alkanes) is 11. The van der Waals surface area contributed by atoms with Crippen molar-refractivity contribution in [3.8, 4) is 0 Å². The van der Waals surface area contributed by atoms with Gasteiger partial charge in [0.05, 0.1) is 14.1 Å². The maximum atomic E-state index is 10.9. The van der Waals surface area contributed by atoms with E-state index in [0.717, 1.165) is 12.8 Å². The Labute approximate surface area is 156 Å². The number of carboxylic acid groups (broad SMARTS) is 1. The van der Waals surface area contributed by atoms with Gasteiger partial charge in [-0.1, -0.05) is 84.0 Å². The lowest BCUT2D eigenvalue weighted by Gasteiger charge is -2.35. The first-order valence-electron chi connectivity index (χ1n) is 10.4. The van der Waals surface area contributed by atoms with Gasteiger partial charge < -0.3 is 14.7 Å². The average molecular weight is 359 g/mol. The van der Waals surface area contributed by atoms with E-state index in [9.17, 15) is 9.90 Å². The molecule has 1 unspecified atom stereocenters. The zero-order chi connectivity index (χ0) is 19.2. The maximum Gasteiger partial charge on any atom is 0.359 e. The van der Waals surface area contributed by atoms with Gasteiger partial charge in [0.15, 0.2) is 6.54 Å². The molecule has 0 spiro atoms. The Morgan fingerprint density at radius 1 is 0.840 bits per heavy atom. The molecule has 0 aromatic rings. The Bertz CT molecular complexity index is 340. The summed E-state index contributed by atoms with van der Waals surface area (Å²) in [5, 5.41) is 19.5. The Balaban J connectivity index is 3.58. The summed E-state index contributed by atoms with van der Waals surface area (Å²) in [7, 11) is 3.73. The molecule has 0 aliphatic rings. The van der Waals surface area contributed by atoms with Crippen LogP contribution in [0.4, 0.5) is 0 Å². The van der Waals surface area contributed by atoms with Gasteiger partial charge in [-0.2, -0.15) is 0 Å². The smallest absolute Gasteiger partial charge is 0.359 e. The third-order valence-electron chi connectivity index (χ3n) is 4.90. The molecule has 0 aromatic carbocycles. The molecule has 150 valence electrons. The molecule has 25 heavy (non-hydrogen) atoms. The van der Waals surface area contributed by atoms with E-state index >= 15 is 0 Å². The van der Waals surface area contributed by atoms with Crippen molar-refractivity contribution in [1.29, 1.82) is 0 Å². The van der Waals surface area contributed by atoms with Crippen molar-refractivity contribution in [3.05, 3.63) is 0 Å². The summed E-state index contributed by atoms with van der Waals surface area (Å²) in [5.74, 6) is -0.814. The first-order chi connectivity index (χ1) is 11.7. The molecule has 0 aliphatic carbocycles. The number of carboxylic acids is 1. The molecule has 0 rings (SSSR count). The van der Waals surface area contributed by atoms with Gasteiger partial charge in [-0.3, -0.25) is 0 Å². The van der Waals surface area contributed by atoms with Gasteiger partial charge in [0.1, 0.15) is 12.1 Å². The van der Waals surface area contributed by atoms with Gasteiger partial charge in [-0.05, 0) is 13.3 Å². The van der Waals surface area contributed by atoms with E-state index in [1.54, 1.807) is 0 Å². The second-order valence-corrected chi connectivity index (χ2v) is 8.78. The lowest BCUT2D eigenvalue weighted by molar-refractivity contribution is -0.889. The van der Waals surface area contributed by atoms with Crippen molar-refractivity contribution in [2.75, 3.05) is 27.2 Å². The van der Waals surface area contributed by atoms with Crippen LogP contribution >= 0.6 is 0 Å². The lowest BCUT2D eigenvalue weighted by atomic mass is 9.96.